The lowest BCUT2D eigenvalue weighted by atomic mass is 9.70. The first kappa shape index (κ1) is 36.4. The maximum atomic E-state index is 8.23. The first-order chi connectivity index (χ1) is 31.2. The van der Waals surface area contributed by atoms with Crippen LogP contribution in [0.1, 0.15) is 22.3 Å². The minimum atomic E-state index is -0.551. The molecule has 0 amide bonds. The average molecular weight is 800 g/mol. The van der Waals surface area contributed by atoms with Crippen molar-refractivity contribution in [2.45, 2.75) is 5.41 Å². The van der Waals surface area contributed by atoms with Gasteiger partial charge in [0, 0.05) is 16.7 Å². The lowest BCUT2D eigenvalue weighted by molar-refractivity contribution is 0.794. The first-order valence-electron chi connectivity index (χ1n) is 21.3. The van der Waals surface area contributed by atoms with Gasteiger partial charge < -0.3 is 0 Å². The summed E-state index contributed by atoms with van der Waals surface area (Å²) in [5.74, 6) is 0.661. The molecule has 3 nitrogen and oxygen atoms in total. The topological polar surface area (TPSA) is 30.1 Å². The van der Waals surface area contributed by atoms with Crippen molar-refractivity contribution >= 4 is 5.69 Å². The van der Waals surface area contributed by atoms with Crippen molar-refractivity contribution in [3.63, 3.8) is 0 Å². The Labute approximate surface area is 367 Å². The third-order valence-corrected chi connectivity index (χ3v) is 13.0. The van der Waals surface area contributed by atoms with Crippen LogP contribution in [0.4, 0.5) is 5.69 Å². The van der Waals surface area contributed by atoms with Gasteiger partial charge in [0.2, 0.25) is 0 Å². The highest BCUT2D eigenvalue weighted by molar-refractivity contribution is 5.99. The molecule has 1 heterocycles. The van der Waals surface area contributed by atoms with E-state index < -0.39 is 5.41 Å². The van der Waals surface area contributed by atoms with Crippen molar-refractivity contribution in [2.24, 2.45) is 0 Å². The van der Waals surface area contributed by atoms with E-state index in [2.05, 4.69) is 205 Å². The van der Waals surface area contributed by atoms with Gasteiger partial charge in [-0.3, -0.25) is 0 Å². The van der Waals surface area contributed by atoms with Crippen LogP contribution in [0.5, 0.6) is 0 Å². The molecule has 0 aliphatic heterocycles. The molecule has 0 fully saturated rings. The summed E-state index contributed by atoms with van der Waals surface area (Å²) in [5.41, 5.74) is 21.2. The van der Waals surface area contributed by atoms with Crippen molar-refractivity contribution in [2.75, 3.05) is 0 Å². The predicted molar refractivity (Wildman–Crippen MR) is 257 cm³/mol. The lowest BCUT2D eigenvalue weighted by Crippen LogP contribution is -2.25. The van der Waals surface area contributed by atoms with E-state index in [4.69, 9.17) is 16.5 Å². The Balaban J connectivity index is 0.997. The zero-order valence-corrected chi connectivity index (χ0v) is 34.2. The SMILES string of the molecule is [C-]#[N+]c1cccc2c1-c1ccc(-c3cccc(-c4nc(-c5ccc(-c6ccccc6)cc5)cc(-c5ccc(-c6ccccc6)cc5)n4)c3)cc1C21c2ccccc2-c2ccccc21. The number of fused-ring (bicyclic) bond motifs is 10. The number of hydrogen-bond acceptors (Lipinski definition) is 2. The van der Waals surface area contributed by atoms with E-state index in [0.717, 1.165) is 61.5 Å². The quantitative estimate of drug-likeness (QED) is 0.157. The maximum absolute atomic E-state index is 8.23. The van der Waals surface area contributed by atoms with E-state index in [1.165, 1.54) is 44.5 Å². The van der Waals surface area contributed by atoms with Crippen molar-refractivity contribution in [1.82, 2.24) is 9.97 Å². The van der Waals surface area contributed by atoms with Crippen molar-refractivity contribution in [3.05, 3.63) is 258 Å². The number of aromatic nitrogens is 2. The highest BCUT2D eigenvalue weighted by atomic mass is 14.9. The van der Waals surface area contributed by atoms with E-state index in [1.54, 1.807) is 0 Å². The molecule has 0 atom stereocenters. The summed E-state index contributed by atoms with van der Waals surface area (Å²) in [6.45, 7) is 8.23. The van der Waals surface area contributed by atoms with Gasteiger partial charge in [0.15, 0.2) is 11.5 Å². The molecule has 9 aromatic carbocycles. The summed E-state index contributed by atoms with van der Waals surface area (Å²) < 4.78 is 0. The fourth-order valence-corrected chi connectivity index (χ4v) is 10.1. The van der Waals surface area contributed by atoms with Gasteiger partial charge >= 0.3 is 0 Å². The molecule has 10 aromatic rings. The molecule has 0 bridgehead atoms. The van der Waals surface area contributed by atoms with E-state index in [0.29, 0.717) is 11.5 Å². The third kappa shape index (κ3) is 5.81. The van der Waals surface area contributed by atoms with Gasteiger partial charge in [-0.15, -0.1) is 0 Å². The van der Waals surface area contributed by atoms with Crippen LogP contribution >= 0.6 is 0 Å². The van der Waals surface area contributed by atoms with Crippen LogP contribution in [-0.2, 0) is 5.41 Å². The summed E-state index contributed by atoms with van der Waals surface area (Å²) in [6.07, 6.45) is 0. The van der Waals surface area contributed by atoms with Crippen LogP contribution < -0.4 is 0 Å². The Morgan fingerprint density at radius 3 is 1.35 bits per heavy atom. The summed E-state index contributed by atoms with van der Waals surface area (Å²) in [5, 5.41) is 0. The smallest absolute Gasteiger partial charge is 0.195 e. The van der Waals surface area contributed by atoms with Gasteiger partial charge in [-0.05, 0) is 96.1 Å². The van der Waals surface area contributed by atoms with Crippen molar-refractivity contribution in [3.8, 4) is 89.5 Å². The maximum Gasteiger partial charge on any atom is 0.195 e. The lowest BCUT2D eigenvalue weighted by Gasteiger charge is -2.31. The highest BCUT2D eigenvalue weighted by Crippen LogP contribution is 2.64. The Bertz CT molecular complexity index is 3290. The molecule has 2 aliphatic rings. The summed E-state index contributed by atoms with van der Waals surface area (Å²) in [7, 11) is 0. The highest BCUT2D eigenvalue weighted by Gasteiger charge is 2.52. The monoisotopic (exact) mass is 799 g/mol. The van der Waals surface area contributed by atoms with E-state index >= 15 is 0 Å². The molecule has 63 heavy (non-hydrogen) atoms. The second-order valence-corrected chi connectivity index (χ2v) is 16.3. The summed E-state index contributed by atoms with van der Waals surface area (Å²) in [6, 6.07) is 79.6. The van der Waals surface area contributed by atoms with Gasteiger partial charge in [0.1, 0.15) is 0 Å². The van der Waals surface area contributed by atoms with Gasteiger partial charge in [0.05, 0.1) is 23.4 Å². The van der Waals surface area contributed by atoms with Crippen LogP contribution in [0.2, 0.25) is 0 Å². The zero-order valence-electron chi connectivity index (χ0n) is 34.2. The molecular weight excluding hydrogens is 763 g/mol. The van der Waals surface area contributed by atoms with Crippen LogP contribution in [0, 0.1) is 6.57 Å². The summed E-state index contributed by atoms with van der Waals surface area (Å²) in [4.78, 5) is 14.6. The fourth-order valence-electron chi connectivity index (χ4n) is 10.1. The van der Waals surface area contributed by atoms with Crippen LogP contribution in [0.25, 0.3) is 94.4 Å². The minimum absolute atomic E-state index is 0.551. The van der Waals surface area contributed by atoms with E-state index in [-0.39, 0.29) is 0 Å². The average Bonchev–Trinajstić information content (AvgIpc) is 3.84. The third-order valence-electron chi connectivity index (χ3n) is 13.0. The van der Waals surface area contributed by atoms with Crippen LogP contribution in [-0.4, -0.2) is 9.97 Å². The van der Waals surface area contributed by atoms with Crippen molar-refractivity contribution < 1.29 is 0 Å². The fraction of sp³-hybridized carbons (Fsp3) is 0.0167. The number of hydrogen-bond donors (Lipinski definition) is 0. The number of rotatable bonds is 6. The zero-order chi connectivity index (χ0) is 41.9. The second-order valence-electron chi connectivity index (χ2n) is 16.3. The van der Waals surface area contributed by atoms with Crippen LogP contribution in [0.15, 0.2) is 224 Å². The van der Waals surface area contributed by atoms with Gasteiger partial charge in [-0.1, -0.05) is 206 Å². The Morgan fingerprint density at radius 1 is 0.317 bits per heavy atom. The predicted octanol–water partition coefficient (Wildman–Crippen LogP) is 15.4. The number of benzene rings is 9. The second kappa shape index (κ2) is 14.6. The largest absolute Gasteiger partial charge is 0.238 e. The molecule has 0 unspecified atom stereocenters. The molecule has 0 radical (unpaired) electrons. The first-order valence-corrected chi connectivity index (χ1v) is 21.3. The van der Waals surface area contributed by atoms with Gasteiger partial charge in [-0.25, -0.2) is 14.8 Å². The van der Waals surface area contributed by atoms with E-state index in [9.17, 15) is 0 Å². The molecule has 292 valence electrons. The number of nitrogens with zero attached hydrogens (tertiary/aromatic N) is 3. The van der Waals surface area contributed by atoms with Crippen molar-refractivity contribution in [1.29, 1.82) is 0 Å². The molecule has 2 aliphatic carbocycles. The van der Waals surface area contributed by atoms with Gasteiger partial charge in [0.25, 0.3) is 0 Å². The molecule has 1 aromatic heterocycles. The Morgan fingerprint density at radius 2 is 0.762 bits per heavy atom. The molecular formula is C60H37N3. The normalized spacial score (nSPS) is 12.6. The molecule has 0 N–H and O–H groups in total. The Kier molecular flexibility index (Phi) is 8.45. The Hall–Kier alpha value is -8.45. The van der Waals surface area contributed by atoms with Crippen LogP contribution in [0.3, 0.4) is 0 Å². The molecule has 1 spiro atoms. The van der Waals surface area contributed by atoms with E-state index in [1.807, 2.05) is 24.3 Å². The molecule has 0 saturated heterocycles. The molecule has 12 rings (SSSR count). The van der Waals surface area contributed by atoms with Gasteiger partial charge in [-0.2, -0.15) is 0 Å². The molecule has 0 saturated carbocycles. The summed E-state index contributed by atoms with van der Waals surface area (Å²) >= 11 is 0. The standard InChI is InChI=1S/C60H37N3/c1-61-55-25-13-24-53-58(55)50-35-34-46(37-54(50)60(53)51-22-10-8-20-48(51)49-21-9-11-23-52(49)60)45-18-12-19-47(36-45)59-62-56(43-30-26-41(27-31-43)39-14-4-2-5-15-39)38-57(63-59)44-32-28-42(29-33-44)40-16-6-3-7-17-40/h2-38H. The minimum Gasteiger partial charge on any atom is -0.238 e. The molecule has 3 heteroatoms.